The maximum absolute atomic E-state index is 3.52. The molecule has 0 radical (unpaired) electrons. The van der Waals surface area contributed by atoms with Gasteiger partial charge in [-0.15, -0.1) is 0 Å². The van der Waals surface area contributed by atoms with Crippen molar-refractivity contribution >= 4 is 0 Å². The van der Waals surface area contributed by atoms with Crippen LogP contribution < -0.4 is 5.32 Å². The Kier molecular flexibility index (Phi) is 6.26. The molecule has 0 bridgehead atoms. The first-order valence-electron chi connectivity index (χ1n) is 6.75. The summed E-state index contributed by atoms with van der Waals surface area (Å²) < 4.78 is 0. The van der Waals surface area contributed by atoms with Crippen LogP contribution in [0.5, 0.6) is 0 Å². The second-order valence-electron chi connectivity index (χ2n) is 4.93. The summed E-state index contributed by atoms with van der Waals surface area (Å²) in [7, 11) is 0. The lowest BCUT2D eigenvalue weighted by Crippen LogP contribution is -2.52. The van der Waals surface area contributed by atoms with Crippen molar-refractivity contribution in [2.45, 2.75) is 65.0 Å². The third-order valence-electron chi connectivity index (χ3n) is 3.43. The molecule has 1 aliphatic rings. The smallest absolute Gasteiger partial charge is 0.0167 e. The fourth-order valence-electron chi connectivity index (χ4n) is 2.58. The van der Waals surface area contributed by atoms with E-state index < -0.39 is 0 Å². The van der Waals surface area contributed by atoms with Crippen LogP contribution in [-0.4, -0.2) is 36.6 Å². The maximum Gasteiger partial charge on any atom is 0.0167 e. The van der Waals surface area contributed by atoms with Crippen LogP contribution in [0, 0.1) is 0 Å². The molecule has 2 unspecified atom stereocenters. The second kappa shape index (κ2) is 7.24. The molecule has 1 N–H and O–H groups in total. The molecule has 0 amide bonds. The lowest BCUT2D eigenvalue weighted by molar-refractivity contribution is 0.132. The molecule has 1 aliphatic heterocycles. The molecule has 1 fully saturated rings. The molecule has 0 aromatic heterocycles. The first-order chi connectivity index (χ1) is 7.27. The monoisotopic (exact) mass is 212 g/mol. The number of hydrogen-bond acceptors (Lipinski definition) is 2. The van der Waals surface area contributed by atoms with E-state index in [4.69, 9.17) is 0 Å². The van der Waals surface area contributed by atoms with Crippen molar-refractivity contribution in [3.8, 4) is 0 Å². The van der Waals surface area contributed by atoms with Gasteiger partial charge in [-0.1, -0.05) is 33.1 Å². The zero-order chi connectivity index (χ0) is 11.1. The summed E-state index contributed by atoms with van der Waals surface area (Å²) in [5.74, 6) is 0. The third kappa shape index (κ3) is 4.52. The van der Waals surface area contributed by atoms with Crippen LogP contribution in [0.3, 0.4) is 0 Å². The van der Waals surface area contributed by atoms with Gasteiger partial charge in [-0.05, 0) is 19.8 Å². The van der Waals surface area contributed by atoms with Gasteiger partial charge in [0.25, 0.3) is 0 Å². The standard InChI is InChI=1S/C13H28N2/c1-4-6-8-13(7-5-2)15-10-9-14-12(3)11-15/h12-14H,4-11H2,1-3H3. The Bertz CT molecular complexity index is 159. The van der Waals surface area contributed by atoms with E-state index in [-0.39, 0.29) is 0 Å². The zero-order valence-electron chi connectivity index (χ0n) is 10.8. The summed E-state index contributed by atoms with van der Waals surface area (Å²) >= 11 is 0. The van der Waals surface area contributed by atoms with Gasteiger partial charge in [-0.3, -0.25) is 4.90 Å². The van der Waals surface area contributed by atoms with Crippen molar-refractivity contribution < 1.29 is 0 Å². The van der Waals surface area contributed by atoms with Crippen molar-refractivity contribution in [3.63, 3.8) is 0 Å². The Labute approximate surface area is 95.4 Å². The summed E-state index contributed by atoms with van der Waals surface area (Å²) in [5, 5.41) is 3.52. The number of rotatable bonds is 6. The normalized spacial score (nSPS) is 25.4. The summed E-state index contributed by atoms with van der Waals surface area (Å²) in [4.78, 5) is 2.71. The molecular weight excluding hydrogens is 184 g/mol. The van der Waals surface area contributed by atoms with Crippen molar-refractivity contribution in [1.82, 2.24) is 10.2 Å². The minimum atomic E-state index is 0.680. The van der Waals surface area contributed by atoms with E-state index in [0.29, 0.717) is 6.04 Å². The zero-order valence-corrected chi connectivity index (χ0v) is 10.8. The van der Waals surface area contributed by atoms with Crippen LogP contribution in [0.2, 0.25) is 0 Å². The topological polar surface area (TPSA) is 15.3 Å². The predicted molar refractivity (Wildman–Crippen MR) is 67.3 cm³/mol. The number of piperazine rings is 1. The third-order valence-corrected chi connectivity index (χ3v) is 3.43. The van der Waals surface area contributed by atoms with Gasteiger partial charge in [-0.25, -0.2) is 0 Å². The van der Waals surface area contributed by atoms with Crippen LogP contribution >= 0.6 is 0 Å². The van der Waals surface area contributed by atoms with Crippen LogP contribution in [-0.2, 0) is 0 Å². The highest BCUT2D eigenvalue weighted by Gasteiger charge is 2.22. The molecule has 0 saturated carbocycles. The van der Waals surface area contributed by atoms with Gasteiger partial charge in [0.15, 0.2) is 0 Å². The van der Waals surface area contributed by atoms with Gasteiger partial charge in [-0.2, -0.15) is 0 Å². The van der Waals surface area contributed by atoms with Gasteiger partial charge >= 0.3 is 0 Å². The minimum Gasteiger partial charge on any atom is -0.312 e. The second-order valence-corrected chi connectivity index (χ2v) is 4.93. The van der Waals surface area contributed by atoms with Crippen molar-refractivity contribution in [3.05, 3.63) is 0 Å². The van der Waals surface area contributed by atoms with Crippen LogP contribution in [0.25, 0.3) is 0 Å². The Hall–Kier alpha value is -0.0800. The first kappa shape index (κ1) is 13.0. The number of nitrogens with one attached hydrogen (secondary N) is 1. The van der Waals surface area contributed by atoms with E-state index in [9.17, 15) is 0 Å². The highest BCUT2D eigenvalue weighted by Crippen LogP contribution is 2.16. The number of nitrogens with zero attached hydrogens (tertiary/aromatic N) is 1. The molecule has 0 spiro atoms. The number of unbranched alkanes of at least 4 members (excludes halogenated alkanes) is 1. The molecule has 0 aromatic rings. The fourth-order valence-corrected chi connectivity index (χ4v) is 2.58. The van der Waals surface area contributed by atoms with Crippen LogP contribution in [0.15, 0.2) is 0 Å². The Morgan fingerprint density at radius 2 is 2.07 bits per heavy atom. The molecule has 2 heteroatoms. The lowest BCUT2D eigenvalue weighted by Gasteiger charge is -2.38. The number of hydrogen-bond donors (Lipinski definition) is 1. The molecule has 90 valence electrons. The summed E-state index contributed by atoms with van der Waals surface area (Å²) in [5.41, 5.74) is 0. The molecule has 15 heavy (non-hydrogen) atoms. The highest BCUT2D eigenvalue weighted by molar-refractivity contribution is 4.80. The minimum absolute atomic E-state index is 0.680. The molecule has 2 atom stereocenters. The molecule has 2 nitrogen and oxygen atoms in total. The highest BCUT2D eigenvalue weighted by atomic mass is 15.2. The van der Waals surface area contributed by atoms with Gasteiger partial charge in [0.1, 0.15) is 0 Å². The molecule has 1 saturated heterocycles. The van der Waals surface area contributed by atoms with Crippen molar-refractivity contribution in [2.24, 2.45) is 0 Å². The first-order valence-corrected chi connectivity index (χ1v) is 6.75. The Morgan fingerprint density at radius 3 is 2.67 bits per heavy atom. The predicted octanol–water partition coefficient (Wildman–Crippen LogP) is 2.64. The van der Waals surface area contributed by atoms with E-state index in [1.807, 2.05) is 0 Å². The van der Waals surface area contributed by atoms with Gasteiger partial charge in [0.2, 0.25) is 0 Å². The summed E-state index contributed by atoms with van der Waals surface area (Å²) in [6.45, 7) is 10.6. The average Bonchev–Trinajstić information content (AvgIpc) is 2.24. The van der Waals surface area contributed by atoms with E-state index >= 15 is 0 Å². The van der Waals surface area contributed by atoms with Gasteiger partial charge in [0, 0.05) is 31.7 Å². The van der Waals surface area contributed by atoms with Gasteiger partial charge in [0.05, 0.1) is 0 Å². The largest absolute Gasteiger partial charge is 0.312 e. The molecular formula is C13H28N2. The SMILES string of the molecule is CCCCC(CCC)N1CCNC(C)C1. The molecule has 1 heterocycles. The van der Waals surface area contributed by atoms with Crippen molar-refractivity contribution in [1.29, 1.82) is 0 Å². The van der Waals surface area contributed by atoms with E-state index in [2.05, 4.69) is 31.0 Å². The summed E-state index contributed by atoms with van der Waals surface area (Å²) in [6, 6.07) is 1.53. The summed E-state index contributed by atoms with van der Waals surface area (Å²) in [6.07, 6.45) is 6.83. The average molecular weight is 212 g/mol. The Morgan fingerprint density at radius 1 is 1.27 bits per heavy atom. The van der Waals surface area contributed by atoms with E-state index in [1.165, 1.54) is 51.7 Å². The quantitative estimate of drug-likeness (QED) is 0.728. The van der Waals surface area contributed by atoms with E-state index in [0.717, 1.165) is 6.04 Å². The van der Waals surface area contributed by atoms with Crippen LogP contribution in [0.1, 0.15) is 52.9 Å². The molecule has 0 aromatic carbocycles. The van der Waals surface area contributed by atoms with E-state index in [1.54, 1.807) is 0 Å². The van der Waals surface area contributed by atoms with Crippen molar-refractivity contribution in [2.75, 3.05) is 19.6 Å². The lowest BCUT2D eigenvalue weighted by atomic mass is 10.0. The Balaban J connectivity index is 2.38. The fraction of sp³-hybridized carbons (Fsp3) is 1.00. The van der Waals surface area contributed by atoms with Crippen LogP contribution in [0.4, 0.5) is 0 Å². The maximum atomic E-state index is 3.52. The molecule has 0 aliphatic carbocycles. The molecule has 1 rings (SSSR count). The van der Waals surface area contributed by atoms with Gasteiger partial charge < -0.3 is 5.32 Å².